The lowest BCUT2D eigenvalue weighted by Gasteiger charge is -2.20. The number of ether oxygens (including phenoxy) is 3. The van der Waals surface area contributed by atoms with Crippen molar-refractivity contribution in [2.45, 2.75) is 18.4 Å². The summed E-state index contributed by atoms with van der Waals surface area (Å²) in [5.41, 5.74) is -2.71. The first kappa shape index (κ1) is 20.2. The van der Waals surface area contributed by atoms with Gasteiger partial charge in [0.2, 0.25) is 0 Å². The number of carbonyl (C=O) groups is 3. The Morgan fingerprint density at radius 1 is 0.864 bits per heavy atom. The second-order valence-electron chi connectivity index (χ2n) is 4.25. The van der Waals surface area contributed by atoms with Gasteiger partial charge in [-0.25, -0.2) is 4.79 Å². The molecule has 128 valence electrons. The number of aliphatic carboxylic acids is 2. The molecule has 10 heteroatoms. The van der Waals surface area contributed by atoms with Crippen molar-refractivity contribution in [3.8, 4) is 0 Å². The van der Waals surface area contributed by atoms with Crippen LogP contribution in [0.4, 0.5) is 0 Å². The van der Waals surface area contributed by atoms with E-state index in [1.807, 2.05) is 0 Å². The highest BCUT2D eigenvalue weighted by molar-refractivity contribution is 5.88. The van der Waals surface area contributed by atoms with Crippen LogP contribution < -0.4 is 0 Å². The molecule has 1 atom stereocenters. The quantitative estimate of drug-likeness (QED) is 0.225. The molecule has 4 N–H and O–H groups in total. The molecule has 0 aliphatic heterocycles. The number of carboxylic acids is 2. The van der Waals surface area contributed by atoms with Crippen LogP contribution in [0.1, 0.15) is 12.8 Å². The standard InChI is InChI=1S/C12H20O10/c13-1-2-20-3-4-21-5-6-22-10(16)8-12(19,11(17)18)7-9(14)15/h13,19H,1-8H2,(H,14,15)(H,17,18). The van der Waals surface area contributed by atoms with Crippen LogP contribution in [0.3, 0.4) is 0 Å². The molecule has 0 aromatic rings. The van der Waals surface area contributed by atoms with Gasteiger partial charge in [0.15, 0.2) is 5.60 Å². The Morgan fingerprint density at radius 3 is 1.91 bits per heavy atom. The van der Waals surface area contributed by atoms with Crippen molar-refractivity contribution in [3.05, 3.63) is 0 Å². The molecule has 0 aliphatic carbocycles. The summed E-state index contributed by atoms with van der Waals surface area (Å²) in [7, 11) is 0. The van der Waals surface area contributed by atoms with Crippen LogP contribution in [0.25, 0.3) is 0 Å². The second kappa shape index (κ2) is 10.9. The smallest absolute Gasteiger partial charge is 0.336 e. The van der Waals surface area contributed by atoms with Gasteiger partial charge in [0, 0.05) is 0 Å². The van der Waals surface area contributed by atoms with Gasteiger partial charge in [0.25, 0.3) is 0 Å². The van der Waals surface area contributed by atoms with Crippen LogP contribution in [0.2, 0.25) is 0 Å². The van der Waals surface area contributed by atoms with Gasteiger partial charge in [-0.1, -0.05) is 0 Å². The summed E-state index contributed by atoms with van der Waals surface area (Å²) < 4.78 is 14.6. The molecule has 0 heterocycles. The van der Waals surface area contributed by atoms with Crippen LogP contribution in [0.5, 0.6) is 0 Å². The van der Waals surface area contributed by atoms with Gasteiger partial charge in [-0.05, 0) is 0 Å². The summed E-state index contributed by atoms with van der Waals surface area (Å²) in [6.45, 7) is 0.415. The zero-order chi connectivity index (χ0) is 17.0. The Labute approximate surface area is 126 Å². The van der Waals surface area contributed by atoms with Crippen molar-refractivity contribution in [2.75, 3.05) is 39.6 Å². The van der Waals surface area contributed by atoms with E-state index in [0.717, 1.165) is 0 Å². The monoisotopic (exact) mass is 324 g/mol. The molecule has 0 amide bonds. The Balaban J connectivity index is 3.92. The number of hydrogen-bond acceptors (Lipinski definition) is 8. The number of carboxylic acid groups (broad SMARTS) is 2. The minimum absolute atomic E-state index is 0.0264. The largest absolute Gasteiger partial charge is 0.481 e. The average Bonchev–Trinajstić information content (AvgIpc) is 2.40. The SMILES string of the molecule is O=C(O)CC(O)(CC(=O)OCCOCCOCCO)C(=O)O. The van der Waals surface area contributed by atoms with E-state index >= 15 is 0 Å². The van der Waals surface area contributed by atoms with Crippen LogP contribution >= 0.6 is 0 Å². The molecule has 0 saturated heterocycles. The normalized spacial score (nSPS) is 13.4. The van der Waals surface area contributed by atoms with Gasteiger partial charge in [0.1, 0.15) is 6.61 Å². The van der Waals surface area contributed by atoms with E-state index in [9.17, 15) is 19.5 Å². The van der Waals surface area contributed by atoms with Gasteiger partial charge in [-0.15, -0.1) is 0 Å². The van der Waals surface area contributed by atoms with Crippen molar-refractivity contribution in [2.24, 2.45) is 0 Å². The maximum atomic E-state index is 11.4. The minimum atomic E-state index is -2.71. The van der Waals surface area contributed by atoms with Gasteiger partial charge < -0.3 is 34.6 Å². The Hall–Kier alpha value is -1.75. The Bertz CT molecular complexity index is 369. The molecular weight excluding hydrogens is 304 g/mol. The first-order valence-electron chi connectivity index (χ1n) is 6.41. The molecule has 0 spiro atoms. The van der Waals surface area contributed by atoms with Gasteiger partial charge in [-0.2, -0.15) is 0 Å². The molecule has 0 radical (unpaired) electrons. The Kier molecular flexibility index (Phi) is 10.0. The van der Waals surface area contributed by atoms with Crippen molar-refractivity contribution in [1.29, 1.82) is 0 Å². The fourth-order valence-electron chi connectivity index (χ4n) is 1.35. The van der Waals surface area contributed by atoms with Gasteiger partial charge in [0.05, 0.1) is 45.9 Å². The summed E-state index contributed by atoms with van der Waals surface area (Å²) in [5.74, 6) is -4.42. The van der Waals surface area contributed by atoms with Crippen molar-refractivity contribution >= 4 is 17.9 Å². The van der Waals surface area contributed by atoms with E-state index < -0.39 is 36.4 Å². The van der Waals surface area contributed by atoms with E-state index in [2.05, 4.69) is 4.74 Å². The van der Waals surface area contributed by atoms with Crippen LogP contribution in [-0.2, 0) is 28.6 Å². The number of rotatable bonds is 13. The molecule has 0 aliphatic rings. The summed E-state index contributed by atoms with van der Waals surface area (Å²) >= 11 is 0. The summed E-state index contributed by atoms with van der Waals surface area (Å²) in [5, 5.41) is 35.3. The number of aliphatic hydroxyl groups excluding tert-OH is 1. The first-order chi connectivity index (χ1) is 10.3. The second-order valence-corrected chi connectivity index (χ2v) is 4.25. The number of carbonyl (C=O) groups excluding carboxylic acids is 1. The number of aliphatic hydroxyl groups is 2. The summed E-state index contributed by atoms with van der Waals surface area (Å²) in [6.07, 6.45) is -2.09. The molecule has 1 unspecified atom stereocenters. The fourth-order valence-corrected chi connectivity index (χ4v) is 1.35. The highest BCUT2D eigenvalue weighted by atomic mass is 16.6. The van der Waals surface area contributed by atoms with Gasteiger partial charge in [-0.3, -0.25) is 9.59 Å². The number of hydrogen-bond donors (Lipinski definition) is 4. The summed E-state index contributed by atoms with van der Waals surface area (Å²) in [6, 6.07) is 0. The van der Waals surface area contributed by atoms with Crippen molar-refractivity contribution in [3.63, 3.8) is 0 Å². The molecule has 0 bridgehead atoms. The third-order valence-corrected chi connectivity index (χ3v) is 2.38. The van der Waals surface area contributed by atoms with Crippen LogP contribution in [0.15, 0.2) is 0 Å². The van der Waals surface area contributed by atoms with E-state index in [-0.39, 0.29) is 39.6 Å². The van der Waals surface area contributed by atoms with E-state index in [1.165, 1.54) is 0 Å². The maximum Gasteiger partial charge on any atom is 0.336 e. The average molecular weight is 324 g/mol. The van der Waals surface area contributed by atoms with Crippen molar-refractivity contribution < 1.29 is 49.0 Å². The van der Waals surface area contributed by atoms with Crippen LogP contribution in [0, 0.1) is 0 Å². The molecule has 0 fully saturated rings. The lowest BCUT2D eigenvalue weighted by Crippen LogP contribution is -2.43. The lowest BCUT2D eigenvalue weighted by molar-refractivity contribution is -0.172. The minimum Gasteiger partial charge on any atom is -0.481 e. The summed E-state index contributed by atoms with van der Waals surface area (Å²) in [4.78, 5) is 32.7. The highest BCUT2D eigenvalue weighted by Gasteiger charge is 2.41. The lowest BCUT2D eigenvalue weighted by atomic mass is 9.96. The molecule has 0 aromatic carbocycles. The zero-order valence-electron chi connectivity index (χ0n) is 11.9. The van der Waals surface area contributed by atoms with E-state index in [4.69, 9.17) is 24.8 Å². The molecule has 0 rings (SSSR count). The first-order valence-corrected chi connectivity index (χ1v) is 6.41. The van der Waals surface area contributed by atoms with E-state index in [0.29, 0.717) is 0 Å². The van der Waals surface area contributed by atoms with Gasteiger partial charge >= 0.3 is 17.9 Å². The molecule has 22 heavy (non-hydrogen) atoms. The molecular formula is C12H20O10. The fraction of sp³-hybridized carbons (Fsp3) is 0.750. The van der Waals surface area contributed by atoms with Crippen molar-refractivity contribution in [1.82, 2.24) is 0 Å². The van der Waals surface area contributed by atoms with E-state index in [1.54, 1.807) is 0 Å². The molecule has 0 saturated carbocycles. The zero-order valence-corrected chi connectivity index (χ0v) is 11.9. The Morgan fingerprint density at radius 2 is 1.41 bits per heavy atom. The molecule has 0 aromatic heterocycles. The highest BCUT2D eigenvalue weighted by Crippen LogP contribution is 2.16. The molecule has 10 nitrogen and oxygen atoms in total. The maximum absolute atomic E-state index is 11.4. The third-order valence-electron chi connectivity index (χ3n) is 2.38. The van der Waals surface area contributed by atoms with Crippen LogP contribution in [-0.4, -0.2) is 83.6 Å². The predicted molar refractivity (Wildman–Crippen MR) is 69.1 cm³/mol. The number of esters is 1. The third kappa shape index (κ3) is 9.23. The topological polar surface area (TPSA) is 160 Å². The predicted octanol–water partition coefficient (Wildman–Crippen LogP) is -1.76.